The molecule has 0 radical (unpaired) electrons. The highest BCUT2D eigenvalue weighted by atomic mass is 16.5. The minimum Gasteiger partial charge on any atom is -0.510 e. The van der Waals surface area contributed by atoms with Gasteiger partial charge in [-0.25, -0.2) is 9.59 Å². The summed E-state index contributed by atoms with van der Waals surface area (Å²) in [6.07, 6.45) is 0. The third-order valence-electron chi connectivity index (χ3n) is 2.58. The average Bonchev–Trinajstić information content (AvgIpc) is 2.78. The first-order valence-electron chi connectivity index (χ1n) is 6.22. The Hall–Kier alpha value is -2.90. The van der Waals surface area contributed by atoms with Gasteiger partial charge in [-0.1, -0.05) is 0 Å². The maximum atomic E-state index is 11.6. The molecule has 0 unspecified atom stereocenters. The quantitative estimate of drug-likeness (QED) is 0.346. The van der Waals surface area contributed by atoms with E-state index < -0.39 is 5.97 Å². The second-order valence-electron chi connectivity index (χ2n) is 4.16. The van der Waals surface area contributed by atoms with E-state index in [9.17, 15) is 14.7 Å². The van der Waals surface area contributed by atoms with E-state index >= 15 is 0 Å². The van der Waals surface area contributed by atoms with E-state index in [2.05, 4.69) is 20.2 Å². The molecule has 0 saturated carbocycles. The molecule has 0 bridgehead atoms. The molecular formula is C13H14N4O4. The minimum atomic E-state index is -0.752. The number of carbonyl (C=O) groups is 1. The fraction of sp³-hybridized carbons (Fsp3) is 0.231. The Balaban J connectivity index is 2.30. The normalized spacial score (nSPS) is 12.7. The summed E-state index contributed by atoms with van der Waals surface area (Å²) in [6.45, 7) is 3.13. The number of hydrogen-bond acceptors (Lipinski definition) is 6. The topological polar surface area (TPSA) is 120 Å². The number of aliphatic hydroxyl groups excluding tert-OH is 1. The number of benzene rings is 1. The fourth-order valence-corrected chi connectivity index (χ4v) is 1.65. The number of aromatic amines is 2. The Bertz CT molecular complexity index is 781. The van der Waals surface area contributed by atoms with E-state index in [1.165, 1.54) is 6.92 Å². The number of aromatic nitrogens is 2. The second-order valence-corrected chi connectivity index (χ2v) is 4.16. The van der Waals surface area contributed by atoms with Gasteiger partial charge in [-0.15, -0.1) is 5.11 Å². The summed E-state index contributed by atoms with van der Waals surface area (Å²) in [4.78, 5) is 27.9. The number of rotatable bonds is 4. The van der Waals surface area contributed by atoms with Crippen molar-refractivity contribution < 1.29 is 14.6 Å². The molecule has 0 aliphatic heterocycles. The standard InChI is InChI=1S/C13H14N4O4/c1-3-21-12(19)11(7(2)18)17-16-8-4-5-9-10(6-8)15-13(20)14-9/h4-6,18H,3H2,1-2H3,(H2,14,15,20)/b11-7-,17-16?. The lowest BCUT2D eigenvalue weighted by molar-refractivity contribution is -0.138. The zero-order valence-corrected chi connectivity index (χ0v) is 11.5. The molecule has 0 fully saturated rings. The molecule has 8 nitrogen and oxygen atoms in total. The first-order chi connectivity index (χ1) is 10.0. The molecule has 0 aliphatic rings. The zero-order valence-electron chi connectivity index (χ0n) is 11.5. The van der Waals surface area contributed by atoms with Crippen LogP contribution in [-0.2, 0) is 9.53 Å². The van der Waals surface area contributed by atoms with Gasteiger partial charge in [-0.3, -0.25) is 0 Å². The van der Waals surface area contributed by atoms with Crippen molar-refractivity contribution in [3.8, 4) is 0 Å². The number of azo groups is 1. The van der Waals surface area contributed by atoms with Crippen LogP contribution in [0.2, 0.25) is 0 Å². The van der Waals surface area contributed by atoms with Crippen molar-refractivity contribution in [1.29, 1.82) is 0 Å². The van der Waals surface area contributed by atoms with Crippen molar-refractivity contribution in [1.82, 2.24) is 9.97 Å². The van der Waals surface area contributed by atoms with Crippen LogP contribution in [0.25, 0.3) is 11.0 Å². The summed E-state index contributed by atoms with van der Waals surface area (Å²) in [7, 11) is 0. The highest BCUT2D eigenvalue weighted by Crippen LogP contribution is 2.19. The largest absolute Gasteiger partial charge is 0.510 e. The Morgan fingerprint density at radius 3 is 2.71 bits per heavy atom. The molecule has 0 spiro atoms. The van der Waals surface area contributed by atoms with Crippen LogP contribution in [0.3, 0.4) is 0 Å². The molecule has 8 heteroatoms. The number of imidazole rings is 1. The SMILES string of the molecule is CCOC(=O)/C(N=Nc1ccc2[nH]c(=O)[nH]c2c1)=C(\C)O. The molecule has 0 aliphatic carbocycles. The van der Waals surface area contributed by atoms with Gasteiger partial charge in [0.15, 0.2) is 0 Å². The zero-order chi connectivity index (χ0) is 15.4. The van der Waals surface area contributed by atoms with Crippen LogP contribution < -0.4 is 5.69 Å². The van der Waals surface area contributed by atoms with Gasteiger partial charge in [-0.05, 0) is 32.0 Å². The summed E-state index contributed by atoms with van der Waals surface area (Å²) < 4.78 is 4.76. The van der Waals surface area contributed by atoms with Gasteiger partial charge >= 0.3 is 11.7 Å². The van der Waals surface area contributed by atoms with Crippen molar-refractivity contribution in [2.24, 2.45) is 10.2 Å². The van der Waals surface area contributed by atoms with E-state index in [0.29, 0.717) is 16.7 Å². The summed E-state index contributed by atoms with van der Waals surface area (Å²) in [5.41, 5.74) is 1.04. The van der Waals surface area contributed by atoms with Crippen LogP contribution in [0.15, 0.2) is 44.7 Å². The lowest BCUT2D eigenvalue weighted by atomic mass is 10.3. The van der Waals surface area contributed by atoms with Crippen molar-refractivity contribution in [2.75, 3.05) is 6.61 Å². The smallest absolute Gasteiger partial charge is 0.362 e. The maximum Gasteiger partial charge on any atom is 0.362 e. The molecule has 0 atom stereocenters. The molecule has 110 valence electrons. The van der Waals surface area contributed by atoms with Gasteiger partial charge in [0.05, 0.1) is 23.3 Å². The van der Waals surface area contributed by atoms with E-state index in [4.69, 9.17) is 4.74 Å². The number of H-pyrrole nitrogens is 2. The van der Waals surface area contributed by atoms with Crippen LogP contribution in [-0.4, -0.2) is 27.7 Å². The number of esters is 1. The van der Waals surface area contributed by atoms with Crippen LogP contribution in [0.1, 0.15) is 13.8 Å². The number of ether oxygens (including phenoxy) is 1. The molecule has 0 amide bonds. The first-order valence-corrected chi connectivity index (χ1v) is 6.22. The molecular weight excluding hydrogens is 276 g/mol. The predicted molar refractivity (Wildman–Crippen MR) is 75.4 cm³/mol. The highest BCUT2D eigenvalue weighted by Gasteiger charge is 2.13. The predicted octanol–water partition coefficient (Wildman–Crippen LogP) is 2.29. The molecule has 2 rings (SSSR count). The molecule has 1 aromatic heterocycles. The average molecular weight is 290 g/mol. The Kier molecular flexibility index (Phi) is 4.17. The van der Waals surface area contributed by atoms with Crippen LogP contribution in [0.4, 0.5) is 5.69 Å². The summed E-state index contributed by atoms with van der Waals surface area (Å²) >= 11 is 0. The van der Waals surface area contributed by atoms with Gasteiger partial charge in [0, 0.05) is 0 Å². The van der Waals surface area contributed by atoms with Crippen LogP contribution in [0.5, 0.6) is 0 Å². The van der Waals surface area contributed by atoms with Crippen molar-refractivity contribution >= 4 is 22.7 Å². The number of nitrogens with one attached hydrogen (secondary N) is 2. The first kappa shape index (κ1) is 14.5. The van der Waals surface area contributed by atoms with Crippen LogP contribution in [0, 0.1) is 0 Å². The Morgan fingerprint density at radius 2 is 2.05 bits per heavy atom. The number of fused-ring (bicyclic) bond motifs is 1. The third kappa shape index (κ3) is 3.35. The van der Waals surface area contributed by atoms with Gasteiger partial charge in [0.2, 0.25) is 5.70 Å². The van der Waals surface area contributed by atoms with Gasteiger partial charge in [-0.2, -0.15) is 5.11 Å². The highest BCUT2D eigenvalue weighted by molar-refractivity contribution is 5.88. The number of allylic oxidation sites excluding steroid dienone is 1. The number of aliphatic hydroxyl groups is 1. The summed E-state index contributed by atoms with van der Waals surface area (Å²) in [5.74, 6) is -1.04. The molecule has 1 aromatic carbocycles. The van der Waals surface area contributed by atoms with Gasteiger partial charge in [0.25, 0.3) is 0 Å². The molecule has 0 saturated heterocycles. The minimum absolute atomic E-state index is 0.168. The third-order valence-corrected chi connectivity index (χ3v) is 2.58. The lowest BCUT2D eigenvalue weighted by Crippen LogP contribution is -2.07. The molecule has 3 N–H and O–H groups in total. The Morgan fingerprint density at radius 1 is 1.33 bits per heavy atom. The van der Waals surface area contributed by atoms with Crippen molar-refractivity contribution in [2.45, 2.75) is 13.8 Å². The van der Waals surface area contributed by atoms with E-state index in [1.807, 2.05) is 0 Å². The van der Waals surface area contributed by atoms with Gasteiger partial charge < -0.3 is 19.8 Å². The van der Waals surface area contributed by atoms with E-state index in [1.54, 1.807) is 25.1 Å². The number of hydrogen-bond donors (Lipinski definition) is 3. The molecule has 1 heterocycles. The second kappa shape index (κ2) is 6.04. The maximum absolute atomic E-state index is 11.6. The number of carbonyl (C=O) groups excluding carboxylic acids is 1. The summed E-state index contributed by atoms with van der Waals surface area (Å²) in [5, 5.41) is 17.0. The van der Waals surface area contributed by atoms with Crippen LogP contribution >= 0.6 is 0 Å². The van der Waals surface area contributed by atoms with Crippen molar-refractivity contribution in [3.05, 3.63) is 40.1 Å². The lowest BCUT2D eigenvalue weighted by Gasteiger charge is -2.01. The van der Waals surface area contributed by atoms with Gasteiger partial charge in [0.1, 0.15) is 5.76 Å². The molecule has 21 heavy (non-hydrogen) atoms. The molecule has 2 aromatic rings. The van der Waals surface area contributed by atoms with Crippen molar-refractivity contribution in [3.63, 3.8) is 0 Å². The van der Waals surface area contributed by atoms with E-state index in [-0.39, 0.29) is 23.8 Å². The number of nitrogens with zero attached hydrogens (tertiary/aromatic N) is 2. The monoisotopic (exact) mass is 290 g/mol. The Labute approximate surface area is 119 Å². The summed E-state index contributed by atoms with van der Waals surface area (Å²) in [6, 6.07) is 4.86. The fourth-order valence-electron chi connectivity index (χ4n) is 1.65. The van der Waals surface area contributed by atoms with E-state index in [0.717, 1.165) is 0 Å².